The minimum atomic E-state index is -0.0233. The van der Waals surface area contributed by atoms with E-state index in [4.69, 9.17) is 4.74 Å². The third-order valence-electron chi connectivity index (χ3n) is 3.10. The summed E-state index contributed by atoms with van der Waals surface area (Å²) in [4.78, 5) is 16.0. The van der Waals surface area contributed by atoms with Crippen molar-refractivity contribution < 1.29 is 9.53 Å². The first-order valence-electron chi connectivity index (χ1n) is 6.78. The first kappa shape index (κ1) is 17.8. The molecule has 0 saturated carbocycles. The van der Waals surface area contributed by atoms with Gasteiger partial charge in [0.1, 0.15) is 11.6 Å². The van der Waals surface area contributed by atoms with Crippen molar-refractivity contribution in [2.75, 3.05) is 24.8 Å². The summed E-state index contributed by atoms with van der Waals surface area (Å²) >= 11 is 0. The lowest BCUT2D eigenvalue weighted by Gasteiger charge is -2.06. The van der Waals surface area contributed by atoms with Crippen LogP contribution in [0.2, 0.25) is 0 Å². The van der Waals surface area contributed by atoms with Crippen LogP contribution in [0.4, 0.5) is 11.5 Å². The zero-order valence-electron chi connectivity index (χ0n) is 12.6. The first-order chi connectivity index (χ1) is 10.2. The Morgan fingerprint density at radius 1 is 1.18 bits per heavy atom. The highest BCUT2D eigenvalue weighted by Gasteiger charge is 2.04. The average molecular weight is 322 g/mol. The molecule has 6 heteroatoms. The molecule has 118 valence electrons. The highest BCUT2D eigenvalue weighted by atomic mass is 35.5. The molecule has 2 aromatic rings. The molecular formula is C16H20ClN3O2. The number of nitrogens with zero attached hydrogens (tertiary/aromatic N) is 1. The number of aryl methyl sites for hydroxylation is 1. The number of pyridine rings is 1. The number of benzene rings is 1. The lowest BCUT2D eigenvalue weighted by atomic mass is 10.1. The summed E-state index contributed by atoms with van der Waals surface area (Å²) in [6.45, 7) is 0. The van der Waals surface area contributed by atoms with Crippen LogP contribution in [0.1, 0.15) is 12.0 Å². The molecule has 2 N–H and O–H groups in total. The number of hydrogen-bond acceptors (Lipinski definition) is 4. The Bertz CT molecular complexity index is 585. The van der Waals surface area contributed by atoms with E-state index in [2.05, 4.69) is 15.6 Å². The maximum Gasteiger partial charge on any atom is 0.224 e. The van der Waals surface area contributed by atoms with Gasteiger partial charge in [0.25, 0.3) is 0 Å². The summed E-state index contributed by atoms with van der Waals surface area (Å²) < 4.78 is 5.10. The number of hydrogen-bond donors (Lipinski definition) is 2. The van der Waals surface area contributed by atoms with Gasteiger partial charge in [0, 0.05) is 13.5 Å². The second-order valence-corrected chi connectivity index (χ2v) is 4.58. The molecule has 0 aliphatic carbocycles. The molecule has 0 aliphatic rings. The van der Waals surface area contributed by atoms with Gasteiger partial charge in [0.2, 0.25) is 5.91 Å². The maximum absolute atomic E-state index is 11.9. The Labute approximate surface area is 136 Å². The van der Waals surface area contributed by atoms with Crippen molar-refractivity contribution in [3.8, 4) is 5.75 Å². The van der Waals surface area contributed by atoms with Gasteiger partial charge in [0.05, 0.1) is 19.0 Å². The Hall–Kier alpha value is -2.27. The minimum absolute atomic E-state index is 0. The largest absolute Gasteiger partial charge is 0.497 e. The highest BCUT2D eigenvalue weighted by molar-refractivity contribution is 5.90. The lowest BCUT2D eigenvalue weighted by molar-refractivity contribution is -0.116. The summed E-state index contributed by atoms with van der Waals surface area (Å²) in [5.41, 5.74) is 1.81. The van der Waals surface area contributed by atoms with Gasteiger partial charge in [-0.05, 0) is 36.2 Å². The molecule has 0 unspecified atom stereocenters. The van der Waals surface area contributed by atoms with Crippen LogP contribution in [0.5, 0.6) is 5.75 Å². The summed E-state index contributed by atoms with van der Waals surface area (Å²) in [7, 11) is 3.44. The van der Waals surface area contributed by atoms with E-state index < -0.39 is 0 Å². The van der Waals surface area contributed by atoms with Crippen molar-refractivity contribution in [3.05, 3.63) is 48.2 Å². The fraction of sp³-hybridized carbons (Fsp3) is 0.250. The fourth-order valence-corrected chi connectivity index (χ4v) is 1.89. The molecule has 1 aromatic carbocycles. The monoisotopic (exact) mass is 321 g/mol. The predicted molar refractivity (Wildman–Crippen MR) is 91.0 cm³/mol. The summed E-state index contributed by atoms with van der Waals surface area (Å²) in [5.74, 6) is 1.56. The van der Waals surface area contributed by atoms with Gasteiger partial charge in [0.15, 0.2) is 0 Å². The second kappa shape index (κ2) is 8.89. The Kier molecular flexibility index (Phi) is 7.19. The average Bonchev–Trinajstić information content (AvgIpc) is 2.54. The number of amides is 1. The van der Waals surface area contributed by atoms with Crippen LogP contribution < -0.4 is 15.4 Å². The van der Waals surface area contributed by atoms with Gasteiger partial charge < -0.3 is 15.4 Å². The smallest absolute Gasteiger partial charge is 0.224 e. The Morgan fingerprint density at radius 3 is 2.45 bits per heavy atom. The minimum Gasteiger partial charge on any atom is -0.497 e. The van der Waals surface area contributed by atoms with E-state index in [1.807, 2.05) is 36.4 Å². The van der Waals surface area contributed by atoms with Crippen molar-refractivity contribution in [2.45, 2.75) is 12.8 Å². The SMILES string of the molecule is CNc1ccc(NC(=O)CCc2ccc(OC)cc2)cn1.Cl. The van der Waals surface area contributed by atoms with E-state index in [1.54, 1.807) is 20.4 Å². The van der Waals surface area contributed by atoms with Gasteiger partial charge in [-0.3, -0.25) is 4.79 Å². The molecular weight excluding hydrogens is 302 g/mol. The fourth-order valence-electron chi connectivity index (χ4n) is 1.89. The van der Waals surface area contributed by atoms with Crippen LogP contribution in [0.15, 0.2) is 42.6 Å². The zero-order valence-corrected chi connectivity index (χ0v) is 13.4. The first-order valence-corrected chi connectivity index (χ1v) is 6.78. The number of methoxy groups -OCH3 is 1. The predicted octanol–water partition coefficient (Wildman–Crippen LogP) is 3.13. The molecule has 0 aliphatic heterocycles. The number of ether oxygens (including phenoxy) is 1. The van der Waals surface area contributed by atoms with Crippen LogP contribution in [0, 0.1) is 0 Å². The molecule has 0 radical (unpaired) electrons. The number of halogens is 1. The molecule has 5 nitrogen and oxygen atoms in total. The standard InChI is InChI=1S/C16H19N3O2.ClH/c1-17-15-9-6-13(11-18-15)19-16(20)10-5-12-3-7-14(21-2)8-4-12;/h3-4,6-9,11H,5,10H2,1-2H3,(H,17,18)(H,19,20);1H. The van der Waals surface area contributed by atoms with Crippen molar-refractivity contribution in [3.63, 3.8) is 0 Å². The van der Waals surface area contributed by atoms with Gasteiger partial charge in [-0.1, -0.05) is 12.1 Å². The molecule has 1 heterocycles. The van der Waals surface area contributed by atoms with Crippen LogP contribution in [0.3, 0.4) is 0 Å². The van der Waals surface area contributed by atoms with E-state index in [9.17, 15) is 4.79 Å². The Balaban J connectivity index is 0.00000242. The molecule has 0 spiro atoms. The van der Waals surface area contributed by atoms with E-state index in [0.717, 1.165) is 17.1 Å². The lowest BCUT2D eigenvalue weighted by Crippen LogP contribution is -2.12. The van der Waals surface area contributed by atoms with Crippen LogP contribution in [-0.2, 0) is 11.2 Å². The number of aromatic nitrogens is 1. The molecule has 0 fully saturated rings. The number of anilines is 2. The van der Waals surface area contributed by atoms with Crippen LogP contribution >= 0.6 is 12.4 Å². The normalized spacial score (nSPS) is 9.55. The molecule has 0 atom stereocenters. The Morgan fingerprint density at radius 2 is 1.91 bits per heavy atom. The zero-order chi connectivity index (χ0) is 15.1. The topological polar surface area (TPSA) is 63.2 Å². The molecule has 1 amide bonds. The van der Waals surface area contributed by atoms with E-state index in [0.29, 0.717) is 18.5 Å². The van der Waals surface area contributed by atoms with Crippen LogP contribution in [-0.4, -0.2) is 25.0 Å². The van der Waals surface area contributed by atoms with Gasteiger partial charge >= 0.3 is 0 Å². The van der Waals surface area contributed by atoms with E-state index in [-0.39, 0.29) is 18.3 Å². The van der Waals surface area contributed by atoms with Gasteiger partial charge in [-0.2, -0.15) is 0 Å². The summed E-state index contributed by atoms with van der Waals surface area (Å²) in [6, 6.07) is 11.4. The quantitative estimate of drug-likeness (QED) is 0.858. The number of nitrogens with one attached hydrogen (secondary N) is 2. The number of rotatable bonds is 6. The van der Waals surface area contributed by atoms with Crippen molar-refractivity contribution in [2.24, 2.45) is 0 Å². The summed E-state index contributed by atoms with van der Waals surface area (Å²) in [5, 5.41) is 5.76. The van der Waals surface area contributed by atoms with Gasteiger partial charge in [-0.25, -0.2) is 4.98 Å². The van der Waals surface area contributed by atoms with Gasteiger partial charge in [-0.15, -0.1) is 12.4 Å². The van der Waals surface area contributed by atoms with E-state index >= 15 is 0 Å². The number of carbonyl (C=O) groups is 1. The van der Waals surface area contributed by atoms with Crippen LogP contribution in [0.25, 0.3) is 0 Å². The summed E-state index contributed by atoms with van der Waals surface area (Å²) in [6.07, 6.45) is 2.76. The molecule has 22 heavy (non-hydrogen) atoms. The van der Waals surface area contributed by atoms with Crippen molar-refractivity contribution >= 4 is 29.8 Å². The molecule has 0 saturated heterocycles. The third-order valence-corrected chi connectivity index (χ3v) is 3.10. The molecule has 2 rings (SSSR count). The molecule has 0 bridgehead atoms. The van der Waals surface area contributed by atoms with Crippen molar-refractivity contribution in [1.82, 2.24) is 4.98 Å². The second-order valence-electron chi connectivity index (χ2n) is 4.58. The number of carbonyl (C=O) groups excluding carboxylic acids is 1. The highest BCUT2D eigenvalue weighted by Crippen LogP contribution is 2.13. The maximum atomic E-state index is 11.9. The van der Waals surface area contributed by atoms with Crippen molar-refractivity contribution in [1.29, 1.82) is 0 Å². The van der Waals surface area contributed by atoms with E-state index in [1.165, 1.54) is 0 Å². The third kappa shape index (κ3) is 5.26. The molecule has 1 aromatic heterocycles.